The summed E-state index contributed by atoms with van der Waals surface area (Å²) in [5.74, 6) is -0.812. The number of esters is 1. The van der Waals surface area contributed by atoms with Crippen LogP contribution in [0.2, 0.25) is 0 Å². The van der Waals surface area contributed by atoms with E-state index in [1.165, 1.54) is 0 Å². The summed E-state index contributed by atoms with van der Waals surface area (Å²) in [7, 11) is 0. The molecule has 1 saturated heterocycles. The summed E-state index contributed by atoms with van der Waals surface area (Å²) in [4.78, 5) is 11.1. The van der Waals surface area contributed by atoms with E-state index in [2.05, 4.69) is 4.74 Å². The second-order valence-corrected chi connectivity index (χ2v) is 4.11. The predicted molar refractivity (Wildman–Crippen MR) is 55.5 cm³/mol. The monoisotopic (exact) mass is 283 g/mol. The molecule has 0 aliphatic carbocycles. The Labute approximate surface area is 107 Å². The third-order valence-electron chi connectivity index (χ3n) is 2.64. The van der Waals surface area contributed by atoms with Crippen molar-refractivity contribution < 1.29 is 45.1 Å². The van der Waals surface area contributed by atoms with Gasteiger partial charge < -0.3 is 35.1 Å². The smallest absolute Gasteiger partial charge is 0.311 e. The predicted octanol–water partition coefficient (Wildman–Crippen LogP) is -4.51. The maximum absolute atomic E-state index is 11.1. The molecular weight excluding hydrogens is 266 g/mol. The number of ether oxygens (including phenoxy) is 2. The van der Waals surface area contributed by atoms with Crippen molar-refractivity contribution in [2.75, 3.05) is 13.2 Å². The SMILES string of the molecule is O=C(CC[NH+]([O-])O)OC[C@H]1O[C@H](O)[C@H](O)[C@@H](O)[C@@H]1O. The lowest BCUT2D eigenvalue weighted by Gasteiger charge is -2.37. The summed E-state index contributed by atoms with van der Waals surface area (Å²) in [5.41, 5.74) is 0. The summed E-state index contributed by atoms with van der Waals surface area (Å²) in [6, 6.07) is 0. The Balaban J connectivity index is 2.38. The van der Waals surface area contributed by atoms with Crippen LogP contribution in [-0.2, 0) is 14.3 Å². The zero-order valence-corrected chi connectivity index (χ0v) is 9.88. The van der Waals surface area contributed by atoms with Crippen molar-refractivity contribution in [3.63, 3.8) is 0 Å². The number of aliphatic hydroxyl groups excluding tert-OH is 4. The summed E-state index contributed by atoms with van der Waals surface area (Å²) in [5, 5.41) is 54.7. The van der Waals surface area contributed by atoms with Crippen LogP contribution in [0.15, 0.2) is 0 Å². The standard InChI is InChI=1S/C9H17NO9/c11-5(1-2-10(16)17)18-3-4-6(12)7(13)8(14)9(15)19-4/h4,6-10,12-16H,1-3H2/t4-,6-,7+,8-,9+/m1/s1. The molecule has 0 aromatic rings. The zero-order chi connectivity index (χ0) is 14.6. The summed E-state index contributed by atoms with van der Waals surface area (Å²) >= 11 is 0. The highest BCUT2D eigenvalue weighted by Crippen LogP contribution is 2.20. The summed E-state index contributed by atoms with van der Waals surface area (Å²) in [6.07, 6.45) is -8.08. The molecule has 1 rings (SSSR count). The van der Waals surface area contributed by atoms with Gasteiger partial charge in [-0.2, -0.15) is 0 Å². The molecule has 0 bridgehead atoms. The number of quaternary nitrogens is 1. The summed E-state index contributed by atoms with van der Waals surface area (Å²) in [6.45, 7) is -0.864. The van der Waals surface area contributed by atoms with Crippen LogP contribution >= 0.6 is 0 Å². The molecule has 112 valence electrons. The van der Waals surface area contributed by atoms with Gasteiger partial charge in [0.05, 0.1) is 6.42 Å². The molecule has 0 aromatic carbocycles. The first kappa shape index (κ1) is 16.2. The third kappa shape index (κ3) is 4.63. The first-order valence-electron chi connectivity index (χ1n) is 5.58. The highest BCUT2D eigenvalue weighted by atomic mass is 16.8. The average molecular weight is 283 g/mol. The quantitative estimate of drug-likeness (QED) is 0.215. The van der Waals surface area contributed by atoms with E-state index in [1.54, 1.807) is 0 Å². The van der Waals surface area contributed by atoms with Crippen LogP contribution in [0.5, 0.6) is 0 Å². The number of hydroxylamine groups is 2. The first-order valence-corrected chi connectivity index (χ1v) is 5.58. The van der Waals surface area contributed by atoms with Crippen molar-refractivity contribution in [3.05, 3.63) is 5.21 Å². The van der Waals surface area contributed by atoms with Gasteiger partial charge in [0.2, 0.25) is 0 Å². The Kier molecular flexibility index (Phi) is 6.03. The van der Waals surface area contributed by atoms with Gasteiger partial charge in [-0.25, -0.2) is 10.4 Å². The van der Waals surface area contributed by atoms with Crippen LogP contribution in [0.3, 0.4) is 0 Å². The van der Waals surface area contributed by atoms with E-state index in [4.69, 9.17) is 9.94 Å². The highest BCUT2D eigenvalue weighted by Gasteiger charge is 2.43. The van der Waals surface area contributed by atoms with Gasteiger partial charge in [-0.05, 0) is 0 Å². The molecule has 0 aromatic heterocycles. The molecule has 0 saturated carbocycles. The molecular formula is C9H17NO9. The number of rotatable bonds is 5. The fraction of sp³-hybridized carbons (Fsp3) is 0.889. The van der Waals surface area contributed by atoms with Crippen LogP contribution in [0.1, 0.15) is 6.42 Å². The molecule has 1 fully saturated rings. The zero-order valence-electron chi connectivity index (χ0n) is 9.88. The van der Waals surface area contributed by atoms with Crippen LogP contribution in [0.4, 0.5) is 0 Å². The molecule has 1 heterocycles. The molecule has 10 nitrogen and oxygen atoms in total. The maximum Gasteiger partial charge on any atom is 0.311 e. The second-order valence-electron chi connectivity index (χ2n) is 4.11. The number of carbonyl (C=O) groups excluding carboxylic acids is 1. The Morgan fingerprint density at radius 3 is 2.42 bits per heavy atom. The third-order valence-corrected chi connectivity index (χ3v) is 2.64. The molecule has 1 aliphatic heterocycles. The molecule has 1 unspecified atom stereocenters. The van der Waals surface area contributed by atoms with Crippen LogP contribution in [0, 0.1) is 5.21 Å². The minimum Gasteiger partial charge on any atom is -0.600 e. The Morgan fingerprint density at radius 2 is 1.84 bits per heavy atom. The first-order chi connectivity index (χ1) is 8.82. The fourth-order valence-corrected chi connectivity index (χ4v) is 1.52. The lowest BCUT2D eigenvalue weighted by atomic mass is 9.99. The number of hydrogen-bond acceptors (Lipinski definition) is 9. The van der Waals surface area contributed by atoms with Gasteiger partial charge in [0.1, 0.15) is 37.6 Å². The molecule has 10 heteroatoms. The van der Waals surface area contributed by atoms with Crippen LogP contribution in [-0.4, -0.2) is 75.5 Å². The van der Waals surface area contributed by atoms with Crippen molar-refractivity contribution in [2.45, 2.75) is 37.1 Å². The van der Waals surface area contributed by atoms with E-state index in [0.717, 1.165) is 0 Å². The van der Waals surface area contributed by atoms with Crippen LogP contribution in [0.25, 0.3) is 0 Å². The molecule has 0 spiro atoms. The normalized spacial score (nSPS) is 36.8. The van der Waals surface area contributed by atoms with E-state index >= 15 is 0 Å². The van der Waals surface area contributed by atoms with E-state index in [-0.39, 0.29) is 6.42 Å². The number of aliphatic hydroxyl groups is 4. The molecule has 6 N–H and O–H groups in total. The molecule has 0 amide bonds. The second kappa shape index (κ2) is 7.07. The van der Waals surface area contributed by atoms with E-state index < -0.39 is 55.1 Å². The van der Waals surface area contributed by atoms with Gasteiger partial charge in [0.25, 0.3) is 0 Å². The van der Waals surface area contributed by atoms with E-state index in [9.17, 15) is 30.4 Å². The highest BCUT2D eigenvalue weighted by molar-refractivity contribution is 5.69. The Morgan fingerprint density at radius 1 is 1.21 bits per heavy atom. The van der Waals surface area contributed by atoms with Gasteiger partial charge in [-0.1, -0.05) is 0 Å². The van der Waals surface area contributed by atoms with Crippen molar-refractivity contribution in [3.8, 4) is 0 Å². The molecule has 0 radical (unpaired) electrons. The van der Waals surface area contributed by atoms with E-state index in [1.807, 2.05) is 0 Å². The summed E-state index contributed by atoms with van der Waals surface area (Å²) < 4.78 is 9.40. The lowest BCUT2D eigenvalue weighted by molar-refractivity contribution is -1.05. The lowest BCUT2D eigenvalue weighted by Crippen LogP contribution is -3.04. The minimum atomic E-state index is -1.71. The van der Waals surface area contributed by atoms with Gasteiger partial charge in [-0.3, -0.25) is 4.79 Å². The topological polar surface area (TPSA) is 164 Å². The number of hydrogen-bond donors (Lipinski definition) is 6. The fourth-order valence-electron chi connectivity index (χ4n) is 1.52. The van der Waals surface area contributed by atoms with Crippen LogP contribution < -0.4 is 5.23 Å². The van der Waals surface area contributed by atoms with Crippen molar-refractivity contribution in [1.82, 2.24) is 0 Å². The van der Waals surface area contributed by atoms with Gasteiger partial charge in [-0.15, -0.1) is 0 Å². The molecule has 19 heavy (non-hydrogen) atoms. The van der Waals surface area contributed by atoms with Crippen molar-refractivity contribution in [2.24, 2.45) is 0 Å². The average Bonchev–Trinajstić information content (AvgIpc) is 2.36. The van der Waals surface area contributed by atoms with Gasteiger partial charge in [0.15, 0.2) is 6.29 Å². The number of nitrogens with one attached hydrogen (secondary N) is 1. The van der Waals surface area contributed by atoms with E-state index in [0.29, 0.717) is 0 Å². The maximum atomic E-state index is 11.1. The van der Waals surface area contributed by atoms with Gasteiger partial charge in [0, 0.05) is 0 Å². The molecule has 6 atom stereocenters. The molecule has 1 aliphatic rings. The largest absolute Gasteiger partial charge is 0.600 e. The van der Waals surface area contributed by atoms with Crippen molar-refractivity contribution in [1.29, 1.82) is 0 Å². The van der Waals surface area contributed by atoms with Crippen molar-refractivity contribution >= 4 is 5.97 Å². The number of carbonyl (C=O) groups is 1. The Bertz CT molecular complexity index is 299. The minimum absolute atomic E-state index is 0.341. The van der Waals surface area contributed by atoms with Gasteiger partial charge >= 0.3 is 5.97 Å². The Hall–Kier alpha value is -0.850.